The summed E-state index contributed by atoms with van der Waals surface area (Å²) < 4.78 is 34.4. The lowest BCUT2D eigenvalue weighted by Gasteiger charge is -2.27. The van der Waals surface area contributed by atoms with Crippen molar-refractivity contribution < 1.29 is 13.5 Å². The van der Waals surface area contributed by atoms with E-state index < -0.39 is 12.2 Å². The summed E-state index contributed by atoms with van der Waals surface area (Å²) in [5, 5.41) is 2.93. The summed E-state index contributed by atoms with van der Waals surface area (Å²) in [6.07, 6.45) is 0.0171. The summed E-state index contributed by atoms with van der Waals surface area (Å²) in [5.41, 5.74) is 6.56. The van der Waals surface area contributed by atoms with Gasteiger partial charge < -0.3 is 20.7 Å². The van der Waals surface area contributed by atoms with Crippen LogP contribution in [-0.2, 0) is 4.74 Å². The molecule has 13 heteroatoms. The van der Waals surface area contributed by atoms with Crippen molar-refractivity contribution in [3.05, 3.63) is 42.5 Å². The molecule has 4 aromatic rings. The molecule has 1 aliphatic heterocycles. The van der Waals surface area contributed by atoms with Crippen molar-refractivity contribution in [1.29, 1.82) is 0 Å². The maximum Gasteiger partial charge on any atom is 0.296 e. The van der Waals surface area contributed by atoms with Gasteiger partial charge in [0.2, 0.25) is 17.8 Å². The molecule has 0 atom stereocenters. The second-order valence-electron chi connectivity index (χ2n) is 6.91. The van der Waals surface area contributed by atoms with Crippen LogP contribution >= 0.6 is 0 Å². The Labute approximate surface area is 180 Å². The Balaban J connectivity index is 1.66. The molecular weight excluding hydrogens is 422 g/mol. The van der Waals surface area contributed by atoms with Gasteiger partial charge in [-0.2, -0.15) is 15.0 Å². The lowest BCUT2D eigenvalue weighted by atomic mass is 10.3. The fourth-order valence-corrected chi connectivity index (χ4v) is 3.37. The van der Waals surface area contributed by atoms with Crippen molar-refractivity contribution in [3.63, 3.8) is 0 Å². The topological polar surface area (TPSA) is 133 Å². The first-order chi connectivity index (χ1) is 15.6. The zero-order chi connectivity index (χ0) is 22.1. The minimum atomic E-state index is -2.83. The molecule has 3 aromatic heterocycles. The molecule has 5 rings (SSSR count). The van der Waals surface area contributed by atoms with Crippen molar-refractivity contribution in [3.8, 4) is 5.95 Å². The van der Waals surface area contributed by atoms with Gasteiger partial charge in [-0.1, -0.05) is 12.1 Å². The number of hydrogen-bond acceptors (Lipinski definition) is 10. The lowest BCUT2D eigenvalue weighted by molar-refractivity contribution is 0.122. The van der Waals surface area contributed by atoms with Crippen LogP contribution in [0.25, 0.3) is 17.0 Å². The van der Waals surface area contributed by atoms with E-state index in [1.54, 1.807) is 24.3 Å². The Bertz CT molecular complexity index is 1260. The van der Waals surface area contributed by atoms with Crippen LogP contribution in [0.3, 0.4) is 0 Å². The number of ether oxygens (including phenoxy) is 1. The average Bonchev–Trinajstić information content (AvgIpc) is 3.20. The maximum atomic E-state index is 13.9. The number of halogens is 2. The quantitative estimate of drug-likeness (QED) is 0.475. The highest BCUT2D eigenvalue weighted by Crippen LogP contribution is 2.28. The van der Waals surface area contributed by atoms with Crippen LogP contribution in [0.5, 0.6) is 0 Å². The largest absolute Gasteiger partial charge is 0.382 e. The Morgan fingerprint density at radius 3 is 2.53 bits per heavy atom. The molecule has 4 heterocycles. The molecule has 11 nitrogen and oxygen atoms in total. The van der Waals surface area contributed by atoms with E-state index in [0.717, 1.165) is 0 Å². The fourth-order valence-electron chi connectivity index (χ4n) is 3.37. The summed E-state index contributed by atoms with van der Waals surface area (Å²) in [5.74, 6) is 0.479. The molecule has 0 aliphatic carbocycles. The van der Waals surface area contributed by atoms with E-state index in [0.29, 0.717) is 49.1 Å². The lowest BCUT2D eigenvalue weighted by Crippen LogP contribution is -2.37. The van der Waals surface area contributed by atoms with E-state index >= 15 is 0 Å². The van der Waals surface area contributed by atoms with E-state index in [4.69, 9.17) is 10.5 Å². The molecule has 1 aliphatic rings. The number of nitrogens with two attached hydrogens (primary N) is 1. The standard InChI is InChI=1S/C19H18F2N10O/c20-15(21)16-24-11-3-1-2-4-12(11)31(16)19-28-17(26-14-10-23-9-13(22)25-14)27-18(29-19)30-5-7-32-8-6-30/h1-4,9-10,15H,5-8H2,(H3,22,25,26,27,28,29). The number of alkyl halides is 2. The van der Waals surface area contributed by atoms with Gasteiger partial charge in [-0.3, -0.25) is 9.55 Å². The van der Waals surface area contributed by atoms with Crippen LogP contribution in [0.2, 0.25) is 0 Å². The SMILES string of the molecule is Nc1cncc(Nc2nc(N3CCOCC3)nc(-n3c(C(F)F)nc4ccccc43)n2)n1. The Morgan fingerprint density at radius 2 is 1.75 bits per heavy atom. The number of nitrogens with one attached hydrogen (secondary N) is 1. The predicted octanol–water partition coefficient (Wildman–Crippen LogP) is 2.10. The monoisotopic (exact) mass is 440 g/mol. The van der Waals surface area contributed by atoms with Crippen LogP contribution in [0.4, 0.5) is 32.3 Å². The number of fused-ring (bicyclic) bond motifs is 1. The molecule has 32 heavy (non-hydrogen) atoms. The first-order valence-electron chi connectivity index (χ1n) is 9.78. The molecule has 1 fully saturated rings. The number of rotatable bonds is 5. The van der Waals surface area contributed by atoms with Gasteiger partial charge in [0.1, 0.15) is 5.82 Å². The highest BCUT2D eigenvalue weighted by molar-refractivity contribution is 5.77. The van der Waals surface area contributed by atoms with Crippen molar-refractivity contribution >= 4 is 34.6 Å². The minimum Gasteiger partial charge on any atom is -0.382 e. The van der Waals surface area contributed by atoms with E-state index in [-0.39, 0.29) is 17.7 Å². The third kappa shape index (κ3) is 3.85. The van der Waals surface area contributed by atoms with E-state index in [2.05, 4.69) is 35.2 Å². The van der Waals surface area contributed by atoms with Crippen molar-refractivity contribution in [2.75, 3.05) is 42.3 Å². The number of para-hydroxylation sites is 2. The smallest absolute Gasteiger partial charge is 0.296 e. The van der Waals surface area contributed by atoms with Gasteiger partial charge in [-0.25, -0.2) is 18.7 Å². The molecular formula is C19H18F2N10O. The van der Waals surface area contributed by atoms with Gasteiger partial charge >= 0.3 is 0 Å². The zero-order valence-electron chi connectivity index (χ0n) is 16.7. The second kappa shape index (κ2) is 8.26. The van der Waals surface area contributed by atoms with Gasteiger partial charge in [0.05, 0.1) is 36.6 Å². The maximum absolute atomic E-state index is 13.9. The number of benzene rings is 1. The second-order valence-corrected chi connectivity index (χ2v) is 6.91. The van der Waals surface area contributed by atoms with Crippen LogP contribution in [0, 0.1) is 0 Å². The summed E-state index contributed by atoms with van der Waals surface area (Å²) in [6.45, 7) is 2.10. The first-order valence-corrected chi connectivity index (χ1v) is 9.78. The number of nitrogens with zero attached hydrogens (tertiary/aromatic N) is 8. The van der Waals surface area contributed by atoms with E-state index in [9.17, 15) is 8.78 Å². The molecule has 0 unspecified atom stereocenters. The van der Waals surface area contributed by atoms with Crippen LogP contribution in [0.1, 0.15) is 12.2 Å². The normalized spacial score (nSPS) is 14.3. The third-order valence-corrected chi connectivity index (χ3v) is 4.78. The molecule has 0 amide bonds. The molecule has 1 aromatic carbocycles. The van der Waals surface area contributed by atoms with Crippen LogP contribution in [0.15, 0.2) is 36.7 Å². The molecule has 164 valence electrons. The molecule has 0 spiro atoms. The van der Waals surface area contributed by atoms with Crippen LogP contribution in [-0.4, -0.2) is 60.8 Å². The highest BCUT2D eigenvalue weighted by Gasteiger charge is 2.24. The number of anilines is 4. The van der Waals surface area contributed by atoms with Gasteiger partial charge in [0.25, 0.3) is 6.43 Å². The summed E-state index contributed by atoms with van der Waals surface area (Å²) in [6, 6.07) is 6.81. The minimum absolute atomic E-state index is 0.00449. The van der Waals surface area contributed by atoms with Gasteiger partial charge in [-0.05, 0) is 12.1 Å². The highest BCUT2D eigenvalue weighted by atomic mass is 19.3. The average molecular weight is 440 g/mol. The third-order valence-electron chi connectivity index (χ3n) is 4.78. The van der Waals surface area contributed by atoms with E-state index in [1.165, 1.54) is 17.0 Å². The van der Waals surface area contributed by atoms with Gasteiger partial charge in [-0.15, -0.1) is 0 Å². The molecule has 0 saturated carbocycles. The number of morpholine rings is 1. The number of aromatic nitrogens is 7. The van der Waals surface area contributed by atoms with Crippen LogP contribution < -0.4 is 16.0 Å². The Morgan fingerprint density at radius 1 is 0.969 bits per heavy atom. The number of hydrogen-bond donors (Lipinski definition) is 2. The fraction of sp³-hybridized carbons (Fsp3) is 0.263. The van der Waals surface area contributed by atoms with Crippen molar-refractivity contribution in [2.45, 2.75) is 6.43 Å². The van der Waals surface area contributed by atoms with E-state index in [1.807, 2.05) is 4.90 Å². The van der Waals surface area contributed by atoms with Crippen molar-refractivity contribution in [1.82, 2.24) is 34.5 Å². The van der Waals surface area contributed by atoms with Crippen molar-refractivity contribution in [2.24, 2.45) is 0 Å². The molecule has 0 radical (unpaired) electrons. The Hall–Kier alpha value is -4.00. The number of nitrogen functional groups attached to an aromatic ring is 1. The summed E-state index contributed by atoms with van der Waals surface area (Å²) in [4.78, 5) is 27.4. The summed E-state index contributed by atoms with van der Waals surface area (Å²) in [7, 11) is 0. The first kappa shape index (κ1) is 19.9. The number of imidazole rings is 1. The summed E-state index contributed by atoms with van der Waals surface area (Å²) >= 11 is 0. The predicted molar refractivity (Wildman–Crippen MR) is 112 cm³/mol. The van der Waals surface area contributed by atoms with Gasteiger partial charge in [0, 0.05) is 13.1 Å². The molecule has 0 bridgehead atoms. The molecule has 1 saturated heterocycles. The van der Waals surface area contributed by atoms with Gasteiger partial charge in [0.15, 0.2) is 11.6 Å². The zero-order valence-corrected chi connectivity index (χ0v) is 16.7. The Kier molecular flexibility index (Phi) is 5.15. The molecule has 3 N–H and O–H groups in total.